The predicted molar refractivity (Wildman–Crippen MR) is 151 cm³/mol. The van der Waals surface area contributed by atoms with Gasteiger partial charge in [-0.2, -0.15) is 0 Å². The Bertz CT molecular complexity index is 1060. The Balaban J connectivity index is 1.45. The van der Waals surface area contributed by atoms with Crippen LogP contribution in [0.2, 0.25) is 5.02 Å². The van der Waals surface area contributed by atoms with Crippen LogP contribution in [0.15, 0.2) is 42.5 Å². The maximum atomic E-state index is 13.4. The van der Waals surface area contributed by atoms with Crippen molar-refractivity contribution in [3.63, 3.8) is 0 Å². The van der Waals surface area contributed by atoms with Gasteiger partial charge in [0.15, 0.2) is 0 Å². The number of aryl methyl sites for hydroxylation is 1. The Morgan fingerprint density at radius 2 is 1.87 bits per heavy atom. The number of carbonyl (C=O) groups is 1. The maximum Gasteiger partial charge on any atom is 0.223 e. The molecule has 2 aromatic carbocycles. The Labute approximate surface area is 232 Å². The predicted octanol–water partition coefficient (Wildman–Crippen LogP) is 4.50. The summed E-state index contributed by atoms with van der Waals surface area (Å²) in [6, 6.07) is 14.1. The third-order valence-electron chi connectivity index (χ3n) is 7.42. The van der Waals surface area contributed by atoms with Crippen molar-refractivity contribution in [1.29, 1.82) is 0 Å². The first-order valence-corrected chi connectivity index (χ1v) is 14.0. The van der Waals surface area contributed by atoms with Crippen molar-refractivity contribution in [3.8, 4) is 11.5 Å². The van der Waals surface area contributed by atoms with Crippen LogP contribution < -0.4 is 9.47 Å². The van der Waals surface area contributed by atoms with Crippen LogP contribution in [-0.2, 0) is 16.1 Å². The van der Waals surface area contributed by atoms with E-state index >= 15 is 0 Å². The van der Waals surface area contributed by atoms with Gasteiger partial charge in [-0.15, -0.1) is 0 Å². The summed E-state index contributed by atoms with van der Waals surface area (Å²) in [6.07, 6.45) is 2.46. The number of carbonyl (C=O) groups excluding carboxylic acids is 1. The highest BCUT2D eigenvalue weighted by Crippen LogP contribution is 2.36. The molecular weight excluding hydrogens is 502 g/mol. The summed E-state index contributed by atoms with van der Waals surface area (Å²) in [4.78, 5) is 19.9. The van der Waals surface area contributed by atoms with Gasteiger partial charge in [-0.25, -0.2) is 0 Å². The number of halogens is 1. The third kappa shape index (κ3) is 8.34. The molecule has 0 bridgehead atoms. The van der Waals surface area contributed by atoms with E-state index in [9.17, 15) is 4.79 Å². The van der Waals surface area contributed by atoms with Gasteiger partial charge in [-0.3, -0.25) is 9.69 Å². The van der Waals surface area contributed by atoms with E-state index in [1.54, 1.807) is 0 Å². The van der Waals surface area contributed by atoms with Crippen molar-refractivity contribution in [2.75, 3.05) is 73.2 Å². The van der Waals surface area contributed by atoms with E-state index in [1.807, 2.05) is 50.2 Å². The van der Waals surface area contributed by atoms with Crippen molar-refractivity contribution in [2.24, 2.45) is 5.41 Å². The van der Waals surface area contributed by atoms with Crippen LogP contribution in [0.5, 0.6) is 11.5 Å². The number of benzene rings is 2. The SMILES string of the molecule is Cc1cc(OC[C@]2(CC(=O)N3CCOCC3)CCCN(Cc3cccc(OCCN(C)C)c3)C2)ccc1Cl. The van der Waals surface area contributed by atoms with Gasteiger partial charge in [0.2, 0.25) is 5.91 Å². The zero-order valence-corrected chi connectivity index (χ0v) is 23.8. The zero-order chi connectivity index (χ0) is 27.0. The maximum absolute atomic E-state index is 13.4. The first-order valence-electron chi connectivity index (χ1n) is 13.7. The number of ether oxygens (including phenoxy) is 3. The van der Waals surface area contributed by atoms with Gasteiger partial charge in [0, 0.05) is 49.6 Å². The number of morpholine rings is 1. The van der Waals surface area contributed by atoms with E-state index < -0.39 is 0 Å². The number of piperidine rings is 1. The van der Waals surface area contributed by atoms with Crippen LogP contribution in [0.3, 0.4) is 0 Å². The molecule has 2 aliphatic heterocycles. The molecule has 38 heavy (non-hydrogen) atoms. The van der Waals surface area contributed by atoms with Crippen LogP contribution in [0.25, 0.3) is 0 Å². The standard InChI is InChI=1S/C30H42ClN3O4/c1-24-18-27(8-9-28(24)31)38-23-30(20-29(35)34-13-15-36-16-14-34)10-5-11-33(22-30)21-25-6-4-7-26(19-25)37-17-12-32(2)3/h4,6-9,18-19H,5,10-17,20-23H2,1-3H3/t30-/m0/s1. The molecule has 208 valence electrons. The molecule has 2 aliphatic rings. The van der Waals surface area contributed by atoms with Gasteiger partial charge < -0.3 is 24.0 Å². The van der Waals surface area contributed by atoms with E-state index in [4.69, 9.17) is 25.8 Å². The molecule has 0 N–H and O–H groups in total. The van der Waals surface area contributed by atoms with Crippen LogP contribution in [0.1, 0.15) is 30.4 Å². The summed E-state index contributed by atoms with van der Waals surface area (Å²) in [7, 11) is 4.09. The summed E-state index contributed by atoms with van der Waals surface area (Å²) in [5, 5.41) is 0.728. The van der Waals surface area contributed by atoms with Crippen molar-refractivity contribution in [2.45, 2.75) is 32.7 Å². The normalized spacial score (nSPS) is 20.5. The van der Waals surface area contributed by atoms with Crippen molar-refractivity contribution in [3.05, 3.63) is 58.6 Å². The smallest absolute Gasteiger partial charge is 0.223 e. The number of amides is 1. The Morgan fingerprint density at radius 3 is 2.63 bits per heavy atom. The van der Waals surface area contributed by atoms with Crippen molar-refractivity contribution in [1.82, 2.24) is 14.7 Å². The lowest BCUT2D eigenvalue weighted by molar-refractivity contribution is -0.139. The van der Waals surface area contributed by atoms with Crippen LogP contribution in [0, 0.1) is 12.3 Å². The molecule has 2 heterocycles. The van der Waals surface area contributed by atoms with Gasteiger partial charge in [-0.1, -0.05) is 23.7 Å². The third-order valence-corrected chi connectivity index (χ3v) is 7.84. The minimum absolute atomic E-state index is 0.197. The lowest BCUT2D eigenvalue weighted by Gasteiger charge is -2.43. The molecule has 2 fully saturated rings. The number of nitrogens with zero attached hydrogens (tertiary/aromatic N) is 3. The second-order valence-corrected chi connectivity index (χ2v) is 11.4. The number of hydrogen-bond acceptors (Lipinski definition) is 6. The molecule has 4 rings (SSSR count). The molecule has 0 aliphatic carbocycles. The summed E-state index contributed by atoms with van der Waals surface area (Å²) in [6.45, 7) is 9.18. The molecule has 7 nitrogen and oxygen atoms in total. The fraction of sp³-hybridized carbons (Fsp3) is 0.567. The number of likely N-dealkylation sites (N-methyl/N-ethyl adjacent to an activating group) is 1. The highest BCUT2D eigenvalue weighted by atomic mass is 35.5. The molecule has 0 unspecified atom stereocenters. The Kier molecular flexibility index (Phi) is 10.3. The molecule has 8 heteroatoms. The molecule has 1 atom stereocenters. The van der Waals surface area contributed by atoms with Gasteiger partial charge in [0.1, 0.15) is 18.1 Å². The summed E-state index contributed by atoms with van der Waals surface area (Å²) in [5.74, 6) is 1.89. The first kappa shape index (κ1) is 28.7. The summed E-state index contributed by atoms with van der Waals surface area (Å²) < 4.78 is 17.8. The monoisotopic (exact) mass is 543 g/mol. The summed E-state index contributed by atoms with van der Waals surface area (Å²) in [5.41, 5.74) is 1.94. The van der Waals surface area contributed by atoms with E-state index in [0.717, 1.165) is 61.1 Å². The minimum Gasteiger partial charge on any atom is -0.493 e. The Hall–Kier alpha value is -2.32. The number of likely N-dealkylation sites (tertiary alicyclic amines) is 1. The van der Waals surface area contributed by atoms with Crippen molar-refractivity contribution >= 4 is 17.5 Å². The molecule has 2 aromatic rings. The van der Waals surface area contributed by atoms with E-state index in [-0.39, 0.29) is 11.3 Å². The second kappa shape index (κ2) is 13.7. The Morgan fingerprint density at radius 1 is 1.08 bits per heavy atom. The lowest BCUT2D eigenvalue weighted by atomic mass is 9.77. The fourth-order valence-electron chi connectivity index (χ4n) is 5.28. The van der Waals surface area contributed by atoms with E-state index in [0.29, 0.717) is 45.9 Å². The van der Waals surface area contributed by atoms with Gasteiger partial charge in [-0.05, 0) is 81.9 Å². The van der Waals surface area contributed by atoms with Gasteiger partial charge in [0.05, 0.1) is 19.8 Å². The highest BCUT2D eigenvalue weighted by Gasteiger charge is 2.39. The van der Waals surface area contributed by atoms with E-state index in [2.05, 4.69) is 28.0 Å². The zero-order valence-electron chi connectivity index (χ0n) is 23.1. The van der Waals surface area contributed by atoms with Gasteiger partial charge in [0.25, 0.3) is 0 Å². The number of hydrogen-bond donors (Lipinski definition) is 0. The van der Waals surface area contributed by atoms with Crippen molar-refractivity contribution < 1.29 is 19.0 Å². The summed E-state index contributed by atoms with van der Waals surface area (Å²) >= 11 is 6.23. The van der Waals surface area contributed by atoms with Crippen LogP contribution in [-0.4, -0.2) is 93.9 Å². The average molecular weight is 544 g/mol. The minimum atomic E-state index is -0.263. The van der Waals surface area contributed by atoms with E-state index in [1.165, 1.54) is 5.56 Å². The highest BCUT2D eigenvalue weighted by molar-refractivity contribution is 6.31. The largest absolute Gasteiger partial charge is 0.493 e. The molecule has 1 amide bonds. The number of rotatable bonds is 11. The molecule has 0 spiro atoms. The fourth-order valence-corrected chi connectivity index (χ4v) is 5.40. The topological polar surface area (TPSA) is 54.5 Å². The van der Waals surface area contributed by atoms with Crippen LogP contribution >= 0.6 is 11.6 Å². The molecule has 0 radical (unpaired) electrons. The second-order valence-electron chi connectivity index (χ2n) is 11.0. The molecule has 2 saturated heterocycles. The molecule has 0 saturated carbocycles. The average Bonchev–Trinajstić information content (AvgIpc) is 2.90. The lowest BCUT2D eigenvalue weighted by Crippen LogP contribution is -2.50. The van der Waals surface area contributed by atoms with Gasteiger partial charge >= 0.3 is 0 Å². The quantitative estimate of drug-likeness (QED) is 0.416. The molecule has 0 aromatic heterocycles. The first-order chi connectivity index (χ1) is 18.3. The van der Waals surface area contributed by atoms with Crippen LogP contribution in [0.4, 0.5) is 0 Å². The molecular formula is C30H42ClN3O4.